The molecular formula is C30H28FN3O5S. The molecule has 40 heavy (non-hydrogen) atoms. The van der Waals surface area contributed by atoms with Crippen LogP contribution >= 0.6 is 0 Å². The molecule has 0 radical (unpaired) electrons. The molecule has 0 saturated carbocycles. The van der Waals surface area contributed by atoms with E-state index in [-0.39, 0.29) is 16.6 Å². The molecule has 2 aliphatic heterocycles. The fourth-order valence-corrected chi connectivity index (χ4v) is 6.62. The van der Waals surface area contributed by atoms with Crippen LogP contribution in [-0.4, -0.2) is 63.2 Å². The molecule has 0 aliphatic carbocycles. The van der Waals surface area contributed by atoms with Gasteiger partial charge in [0.25, 0.3) is 5.91 Å². The monoisotopic (exact) mass is 561 g/mol. The van der Waals surface area contributed by atoms with Crippen LogP contribution in [0.3, 0.4) is 0 Å². The average Bonchev–Trinajstić information content (AvgIpc) is 3.44. The van der Waals surface area contributed by atoms with E-state index in [1.54, 1.807) is 42.3 Å². The number of sulfonamides is 1. The van der Waals surface area contributed by atoms with Crippen LogP contribution in [0.1, 0.15) is 11.1 Å². The molecule has 206 valence electrons. The molecule has 0 bridgehead atoms. The molecule has 0 unspecified atom stereocenters. The topological polar surface area (TPSA) is 81.1 Å². The van der Waals surface area contributed by atoms with E-state index < -0.39 is 10.0 Å². The molecule has 2 aliphatic rings. The van der Waals surface area contributed by atoms with Crippen LogP contribution in [0.2, 0.25) is 0 Å². The standard InChI is InChI=1S/C30H28FN3O5S/c1-32-28-11-10-24(40(36,37)34-13-15-38-16-14-34)19-26(28)27(30(32)35)18-21-20-33(29-5-3-2-4-25(21)29)12-17-39-23-8-6-22(31)7-9-23/h2-11,18-20H,12-17H2,1H3. The minimum atomic E-state index is -3.72. The third kappa shape index (κ3) is 4.78. The van der Waals surface area contributed by atoms with Crippen molar-refractivity contribution in [2.45, 2.75) is 11.4 Å². The lowest BCUT2D eigenvalue weighted by Crippen LogP contribution is -2.40. The molecule has 1 amide bonds. The Bertz CT molecular complexity index is 1720. The van der Waals surface area contributed by atoms with Gasteiger partial charge in [-0.3, -0.25) is 4.79 Å². The molecule has 1 saturated heterocycles. The number of rotatable bonds is 7. The van der Waals surface area contributed by atoms with Gasteiger partial charge in [0, 0.05) is 53.9 Å². The number of fused-ring (bicyclic) bond motifs is 2. The summed E-state index contributed by atoms with van der Waals surface area (Å²) in [5.41, 5.74) is 3.48. The van der Waals surface area contributed by atoms with E-state index in [0.29, 0.717) is 62.0 Å². The Kier molecular flexibility index (Phi) is 6.91. The summed E-state index contributed by atoms with van der Waals surface area (Å²) in [5, 5.41) is 0.956. The van der Waals surface area contributed by atoms with E-state index in [4.69, 9.17) is 9.47 Å². The highest BCUT2D eigenvalue weighted by Crippen LogP contribution is 2.39. The highest BCUT2D eigenvalue weighted by molar-refractivity contribution is 7.89. The van der Waals surface area contributed by atoms with Gasteiger partial charge in [0.15, 0.2) is 0 Å². The van der Waals surface area contributed by atoms with Crippen molar-refractivity contribution in [3.05, 3.63) is 89.9 Å². The Balaban J connectivity index is 1.34. The minimum Gasteiger partial charge on any atom is -0.492 e. The van der Waals surface area contributed by atoms with Gasteiger partial charge in [0.05, 0.1) is 30.3 Å². The van der Waals surface area contributed by atoms with Crippen LogP contribution in [0.4, 0.5) is 10.1 Å². The van der Waals surface area contributed by atoms with E-state index in [1.807, 2.05) is 36.5 Å². The van der Waals surface area contributed by atoms with Crippen molar-refractivity contribution < 1.29 is 27.1 Å². The summed E-state index contributed by atoms with van der Waals surface area (Å²) in [7, 11) is -2.03. The second-order valence-corrected chi connectivity index (χ2v) is 11.7. The molecule has 3 aromatic carbocycles. The third-order valence-electron chi connectivity index (χ3n) is 7.30. The normalized spacial score (nSPS) is 17.1. The molecule has 0 spiro atoms. The zero-order valence-electron chi connectivity index (χ0n) is 21.9. The number of ether oxygens (including phenoxy) is 2. The molecule has 4 aromatic rings. The fraction of sp³-hybridized carbons (Fsp3) is 0.233. The van der Waals surface area contributed by atoms with Gasteiger partial charge in [0.1, 0.15) is 18.2 Å². The summed E-state index contributed by atoms with van der Waals surface area (Å²) in [6.45, 7) is 2.21. The highest BCUT2D eigenvalue weighted by atomic mass is 32.2. The molecule has 6 rings (SSSR count). The minimum absolute atomic E-state index is 0.155. The van der Waals surface area contributed by atoms with Crippen LogP contribution in [0, 0.1) is 5.82 Å². The van der Waals surface area contributed by atoms with Crippen LogP contribution in [0.25, 0.3) is 22.6 Å². The van der Waals surface area contributed by atoms with Gasteiger partial charge in [-0.25, -0.2) is 12.8 Å². The lowest BCUT2D eigenvalue weighted by Gasteiger charge is -2.26. The van der Waals surface area contributed by atoms with Crippen LogP contribution in [0.15, 0.2) is 77.8 Å². The van der Waals surface area contributed by atoms with Crippen molar-refractivity contribution in [3.63, 3.8) is 0 Å². The Morgan fingerprint density at radius 1 is 1.02 bits per heavy atom. The van der Waals surface area contributed by atoms with E-state index >= 15 is 0 Å². The molecule has 1 fully saturated rings. The van der Waals surface area contributed by atoms with Gasteiger partial charge >= 0.3 is 0 Å². The number of para-hydroxylation sites is 1. The number of anilines is 1. The van der Waals surface area contributed by atoms with Crippen LogP contribution < -0.4 is 9.64 Å². The fourth-order valence-electron chi connectivity index (χ4n) is 5.19. The van der Waals surface area contributed by atoms with Gasteiger partial charge < -0.3 is 18.9 Å². The lowest BCUT2D eigenvalue weighted by atomic mass is 10.0. The maximum atomic E-state index is 13.4. The first-order valence-corrected chi connectivity index (χ1v) is 14.5. The maximum absolute atomic E-state index is 13.4. The number of nitrogens with zero attached hydrogens (tertiary/aromatic N) is 3. The quantitative estimate of drug-likeness (QED) is 0.313. The number of benzene rings is 3. The number of halogens is 1. The average molecular weight is 562 g/mol. The zero-order valence-corrected chi connectivity index (χ0v) is 22.7. The summed E-state index contributed by atoms with van der Waals surface area (Å²) in [4.78, 5) is 15.1. The second-order valence-electron chi connectivity index (χ2n) is 9.71. The number of morpholine rings is 1. The van der Waals surface area contributed by atoms with Crippen molar-refractivity contribution in [1.82, 2.24) is 8.87 Å². The van der Waals surface area contributed by atoms with Crippen LogP contribution in [-0.2, 0) is 26.1 Å². The largest absolute Gasteiger partial charge is 0.492 e. The molecule has 1 aromatic heterocycles. The number of amides is 1. The van der Waals surface area contributed by atoms with Crippen LogP contribution in [0.5, 0.6) is 5.75 Å². The predicted octanol–water partition coefficient (Wildman–Crippen LogP) is 4.40. The molecular weight excluding hydrogens is 533 g/mol. The molecule has 0 atom stereocenters. The smallest absolute Gasteiger partial charge is 0.258 e. The van der Waals surface area contributed by atoms with Crippen molar-refractivity contribution in [2.24, 2.45) is 0 Å². The van der Waals surface area contributed by atoms with Gasteiger partial charge in [-0.15, -0.1) is 0 Å². The summed E-state index contributed by atoms with van der Waals surface area (Å²) >= 11 is 0. The lowest BCUT2D eigenvalue weighted by molar-refractivity contribution is -0.112. The van der Waals surface area contributed by atoms with E-state index in [9.17, 15) is 17.6 Å². The summed E-state index contributed by atoms with van der Waals surface area (Å²) < 4.78 is 54.4. The SMILES string of the molecule is CN1C(=O)C(=Cc2cn(CCOc3ccc(F)cc3)c3ccccc23)c2cc(S(=O)(=O)N3CCOCC3)ccc21. The van der Waals surface area contributed by atoms with E-state index in [0.717, 1.165) is 16.5 Å². The first-order valence-electron chi connectivity index (χ1n) is 13.0. The van der Waals surface area contributed by atoms with E-state index in [1.165, 1.54) is 16.4 Å². The summed E-state index contributed by atoms with van der Waals surface area (Å²) in [6.07, 6.45) is 3.79. The second kappa shape index (κ2) is 10.5. The Morgan fingerprint density at radius 3 is 2.55 bits per heavy atom. The number of hydrogen-bond acceptors (Lipinski definition) is 5. The van der Waals surface area contributed by atoms with E-state index in [2.05, 4.69) is 4.57 Å². The Labute approximate surface area is 231 Å². The van der Waals surface area contributed by atoms with Crippen molar-refractivity contribution in [3.8, 4) is 5.75 Å². The molecule has 0 N–H and O–H groups in total. The number of likely N-dealkylation sites (N-methyl/N-ethyl adjacent to an activating group) is 1. The predicted molar refractivity (Wildman–Crippen MR) is 151 cm³/mol. The number of aromatic nitrogens is 1. The Hall–Kier alpha value is -3.99. The van der Waals surface area contributed by atoms with Crippen molar-refractivity contribution in [1.29, 1.82) is 0 Å². The first-order chi connectivity index (χ1) is 19.3. The van der Waals surface area contributed by atoms with Gasteiger partial charge in [-0.1, -0.05) is 18.2 Å². The number of hydrogen-bond donors (Lipinski definition) is 0. The van der Waals surface area contributed by atoms with Crippen molar-refractivity contribution in [2.75, 3.05) is 44.9 Å². The Morgan fingerprint density at radius 2 is 1.77 bits per heavy atom. The number of carbonyl (C=O) groups is 1. The van der Waals surface area contributed by atoms with Gasteiger partial charge in [-0.2, -0.15) is 4.31 Å². The number of carbonyl (C=O) groups excluding carboxylic acids is 1. The maximum Gasteiger partial charge on any atom is 0.258 e. The third-order valence-corrected chi connectivity index (χ3v) is 9.19. The first kappa shape index (κ1) is 26.2. The van der Waals surface area contributed by atoms with Gasteiger partial charge in [0.2, 0.25) is 10.0 Å². The molecule has 8 nitrogen and oxygen atoms in total. The molecule has 10 heteroatoms. The molecule has 3 heterocycles. The van der Waals surface area contributed by atoms with Crippen molar-refractivity contribution >= 4 is 44.2 Å². The zero-order chi connectivity index (χ0) is 27.9. The summed E-state index contributed by atoms with van der Waals surface area (Å²) in [6, 6.07) is 18.6. The van der Waals surface area contributed by atoms with Gasteiger partial charge in [-0.05, 0) is 54.6 Å². The summed E-state index contributed by atoms with van der Waals surface area (Å²) in [5.74, 6) is 0.0626. The highest BCUT2D eigenvalue weighted by Gasteiger charge is 2.33.